The number of aryl methyl sites for hydroxylation is 1. The van der Waals surface area contributed by atoms with Gasteiger partial charge in [0.25, 0.3) is 5.91 Å². The van der Waals surface area contributed by atoms with Crippen LogP contribution in [0, 0.1) is 0 Å². The summed E-state index contributed by atoms with van der Waals surface area (Å²) in [6.45, 7) is 0. The summed E-state index contributed by atoms with van der Waals surface area (Å²) in [7, 11) is 1.89. The molecule has 0 aliphatic heterocycles. The van der Waals surface area contributed by atoms with Gasteiger partial charge in [-0.25, -0.2) is 0 Å². The normalized spacial score (nSPS) is 11.1. The van der Waals surface area contributed by atoms with E-state index in [0.717, 1.165) is 32.0 Å². The van der Waals surface area contributed by atoms with Crippen LogP contribution in [-0.2, 0) is 7.05 Å². The zero-order valence-corrected chi connectivity index (χ0v) is 14.5. The number of pyridine rings is 1. The van der Waals surface area contributed by atoms with Crippen LogP contribution in [0.2, 0.25) is 0 Å². The van der Waals surface area contributed by atoms with Crippen molar-refractivity contribution in [2.75, 3.05) is 5.32 Å². The number of aromatic nitrogens is 2. The average molecular weight is 380 g/mol. The Kier molecular flexibility index (Phi) is 3.58. The van der Waals surface area contributed by atoms with Gasteiger partial charge in [-0.3, -0.25) is 9.78 Å². The first-order chi connectivity index (χ1) is 11.6. The van der Waals surface area contributed by atoms with Gasteiger partial charge in [-0.1, -0.05) is 34.1 Å². The van der Waals surface area contributed by atoms with Crippen LogP contribution in [0.1, 0.15) is 10.5 Å². The molecule has 2 aromatic heterocycles. The Balaban J connectivity index is 1.69. The van der Waals surface area contributed by atoms with E-state index in [1.165, 1.54) is 0 Å². The summed E-state index contributed by atoms with van der Waals surface area (Å²) in [6, 6.07) is 17.5. The Bertz CT molecular complexity index is 1080. The topological polar surface area (TPSA) is 46.9 Å². The van der Waals surface area contributed by atoms with Crippen molar-refractivity contribution in [1.82, 2.24) is 9.55 Å². The van der Waals surface area contributed by atoms with Crippen molar-refractivity contribution in [2.45, 2.75) is 0 Å². The minimum atomic E-state index is -0.139. The van der Waals surface area contributed by atoms with Crippen LogP contribution in [0.5, 0.6) is 0 Å². The molecule has 0 saturated heterocycles. The third kappa shape index (κ3) is 2.57. The van der Waals surface area contributed by atoms with E-state index in [1.807, 2.05) is 66.2 Å². The second-order valence-electron chi connectivity index (χ2n) is 5.66. The maximum absolute atomic E-state index is 12.7. The van der Waals surface area contributed by atoms with Gasteiger partial charge < -0.3 is 9.88 Å². The maximum Gasteiger partial charge on any atom is 0.272 e. The molecule has 0 radical (unpaired) electrons. The van der Waals surface area contributed by atoms with E-state index in [4.69, 9.17) is 0 Å². The van der Waals surface area contributed by atoms with Crippen LogP contribution in [0.3, 0.4) is 0 Å². The van der Waals surface area contributed by atoms with E-state index in [-0.39, 0.29) is 5.91 Å². The zero-order chi connectivity index (χ0) is 16.7. The second-order valence-corrected chi connectivity index (χ2v) is 6.57. The molecule has 0 bridgehead atoms. The number of anilines is 1. The van der Waals surface area contributed by atoms with Crippen LogP contribution in [0.15, 0.2) is 65.3 Å². The van der Waals surface area contributed by atoms with Gasteiger partial charge in [0.15, 0.2) is 0 Å². The van der Waals surface area contributed by atoms with Crippen LogP contribution in [0.4, 0.5) is 5.69 Å². The molecule has 5 heteroatoms. The SMILES string of the molecule is Cn1c(C(=O)Nc2ccc3cccnc3c2)cc2ccc(Br)cc21. The molecule has 0 saturated carbocycles. The lowest BCUT2D eigenvalue weighted by Gasteiger charge is -2.07. The quantitative estimate of drug-likeness (QED) is 0.546. The molecule has 0 aliphatic carbocycles. The van der Waals surface area contributed by atoms with Gasteiger partial charge in [-0.05, 0) is 36.4 Å². The third-order valence-electron chi connectivity index (χ3n) is 4.10. The Labute approximate surface area is 147 Å². The molecule has 0 spiro atoms. The van der Waals surface area contributed by atoms with Crippen molar-refractivity contribution in [3.8, 4) is 0 Å². The molecule has 0 unspecified atom stereocenters. The highest BCUT2D eigenvalue weighted by Crippen LogP contribution is 2.24. The van der Waals surface area contributed by atoms with Crippen molar-refractivity contribution >= 4 is 49.3 Å². The number of hydrogen-bond donors (Lipinski definition) is 1. The van der Waals surface area contributed by atoms with Gasteiger partial charge in [0.05, 0.1) is 5.52 Å². The van der Waals surface area contributed by atoms with E-state index in [0.29, 0.717) is 5.69 Å². The number of fused-ring (bicyclic) bond motifs is 2. The number of carbonyl (C=O) groups excluding carboxylic acids is 1. The lowest BCUT2D eigenvalue weighted by Crippen LogP contribution is -2.15. The van der Waals surface area contributed by atoms with E-state index in [2.05, 4.69) is 26.2 Å². The van der Waals surface area contributed by atoms with Crippen molar-refractivity contribution in [3.63, 3.8) is 0 Å². The predicted octanol–water partition coefficient (Wildman–Crippen LogP) is 4.74. The lowest BCUT2D eigenvalue weighted by atomic mass is 10.2. The number of halogens is 1. The Morgan fingerprint density at radius 3 is 2.79 bits per heavy atom. The fourth-order valence-corrected chi connectivity index (χ4v) is 3.21. The Morgan fingerprint density at radius 1 is 1.08 bits per heavy atom. The maximum atomic E-state index is 12.7. The molecular formula is C19H14BrN3O. The highest BCUT2D eigenvalue weighted by molar-refractivity contribution is 9.10. The van der Waals surface area contributed by atoms with E-state index >= 15 is 0 Å². The number of rotatable bonds is 2. The molecule has 4 nitrogen and oxygen atoms in total. The number of nitrogens with one attached hydrogen (secondary N) is 1. The number of amides is 1. The van der Waals surface area contributed by atoms with Crippen molar-refractivity contribution < 1.29 is 4.79 Å². The van der Waals surface area contributed by atoms with Crippen LogP contribution in [0.25, 0.3) is 21.8 Å². The molecule has 118 valence electrons. The standard InChI is InChI=1S/C19H14BrN3O/c1-23-17-10-14(20)6-4-13(17)9-18(23)19(24)22-15-7-5-12-3-2-8-21-16(12)11-15/h2-11H,1H3,(H,22,24). The predicted molar refractivity (Wildman–Crippen MR) is 100 cm³/mol. The first-order valence-electron chi connectivity index (χ1n) is 7.53. The average Bonchev–Trinajstić information content (AvgIpc) is 2.91. The summed E-state index contributed by atoms with van der Waals surface area (Å²) < 4.78 is 2.89. The van der Waals surface area contributed by atoms with Crippen molar-refractivity contribution in [2.24, 2.45) is 7.05 Å². The number of hydrogen-bond acceptors (Lipinski definition) is 2. The lowest BCUT2D eigenvalue weighted by molar-refractivity contribution is 0.102. The van der Waals surface area contributed by atoms with Crippen molar-refractivity contribution in [3.05, 3.63) is 71.0 Å². The zero-order valence-electron chi connectivity index (χ0n) is 13.0. The van der Waals surface area contributed by atoms with Crippen molar-refractivity contribution in [1.29, 1.82) is 0 Å². The summed E-state index contributed by atoms with van der Waals surface area (Å²) in [5.74, 6) is -0.139. The first-order valence-corrected chi connectivity index (χ1v) is 8.32. The second kappa shape index (κ2) is 5.76. The monoisotopic (exact) mass is 379 g/mol. The minimum absolute atomic E-state index is 0.139. The van der Waals surface area contributed by atoms with E-state index in [1.54, 1.807) is 6.20 Å². The number of carbonyl (C=O) groups is 1. The smallest absolute Gasteiger partial charge is 0.272 e. The fourth-order valence-electron chi connectivity index (χ4n) is 2.86. The number of nitrogens with zero attached hydrogens (tertiary/aromatic N) is 2. The summed E-state index contributed by atoms with van der Waals surface area (Å²) in [5.41, 5.74) is 3.22. The van der Waals surface area contributed by atoms with Gasteiger partial charge >= 0.3 is 0 Å². The van der Waals surface area contributed by atoms with Gasteiger partial charge in [-0.2, -0.15) is 0 Å². The molecule has 4 aromatic rings. The van der Waals surface area contributed by atoms with Crippen LogP contribution >= 0.6 is 15.9 Å². The molecule has 1 amide bonds. The molecular weight excluding hydrogens is 366 g/mol. The molecule has 4 rings (SSSR count). The van der Waals surface area contributed by atoms with Gasteiger partial charge in [-0.15, -0.1) is 0 Å². The third-order valence-corrected chi connectivity index (χ3v) is 4.60. The van der Waals surface area contributed by atoms with Gasteiger partial charge in [0.2, 0.25) is 0 Å². The minimum Gasteiger partial charge on any atom is -0.340 e. The molecule has 0 atom stereocenters. The molecule has 2 heterocycles. The van der Waals surface area contributed by atoms with Gasteiger partial charge in [0, 0.05) is 39.7 Å². The Morgan fingerprint density at radius 2 is 1.92 bits per heavy atom. The van der Waals surface area contributed by atoms with E-state index < -0.39 is 0 Å². The summed E-state index contributed by atoms with van der Waals surface area (Å²) in [6.07, 6.45) is 1.75. The fraction of sp³-hybridized carbons (Fsp3) is 0.0526. The first kappa shape index (κ1) is 14.9. The summed E-state index contributed by atoms with van der Waals surface area (Å²) >= 11 is 3.47. The highest BCUT2D eigenvalue weighted by atomic mass is 79.9. The van der Waals surface area contributed by atoms with Gasteiger partial charge in [0.1, 0.15) is 5.69 Å². The van der Waals surface area contributed by atoms with Crippen LogP contribution < -0.4 is 5.32 Å². The van der Waals surface area contributed by atoms with Crippen LogP contribution in [-0.4, -0.2) is 15.5 Å². The largest absolute Gasteiger partial charge is 0.340 e. The molecule has 1 N–H and O–H groups in total. The molecule has 0 fully saturated rings. The summed E-state index contributed by atoms with van der Waals surface area (Å²) in [4.78, 5) is 17.0. The molecule has 2 aromatic carbocycles. The molecule has 0 aliphatic rings. The van der Waals surface area contributed by atoms with E-state index in [9.17, 15) is 4.79 Å². The molecule has 24 heavy (non-hydrogen) atoms. The Hall–Kier alpha value is -2.66. The summed E-state index contributed by atoms with van der Waals surface area (Å²) in [5, 5.41) is 5.03. The highest BCUT2D eigenvalue weighted by Gasteiger charge is 2.14. The number of benzene rings is 2.